The Morgan fingerprint density at radius 2 is 1.79 bits per heavy atom. The molecule has 0 bridgehead atoms. The minimum absolute atomic E-state index is 0. The molecule has 1 rings (SSSR count). The van der Waals surface area contributed by atoms with Crippen LogP contribution in [-0.2, 0) is 9.53 Å². The molecule has 0 saturated carbocycles. The summed E-state index contributed by atoms with van der Waals surface area (Å²) >= 11 is 0. The molecule has 1 atom stereocenters. The van der Waals surface area contributed by atoms with Crippen LogP contribution >= 0.6 is 24.0 Å². The summed E-state index contributed by atoms with van der Waals surface area (Å²) in [5, 5.41) is 6.33. The minimum atomic E-state index is -0.235. The molecule has 0 aliphatic rings. The summed E-state index contributed by atoms with van der Waals surface area (Å²) in [4.78, 5) is 15.2. The van der Waals surface area contributed by atoms with E-state index in [0.717, 1.165) is 18.7 Å². The van der Waals surface area contributed by atoms with Crippen molar-refractivity contribution in [2.45, 2.75) is 25.7 Å². The lowest BCUT2D eigenvalue weighted by Gasteiger charge is -2.15. The number of benzene rings is 1. The summed E-state index contributed by atoms with van der Waals surface area (Å²) in [5.41, 5.74) is 1.28. The van der Waals surface area contributed by atoms with Gasteiger partial charge in [-0.3, -0.25) is 9.79 Å². The van der Waals surface area contributed by atoms with Gasteiger partial charge in [0.05, 0.1) is 20.6 Å². The summed E-state index contributed by atoms with van der Waals surface area (Å²) in [6.07, 6.45) is 1.30. The van der Waals surface area contributed by atoms with Gasteiger partial charge in [0.2, 0.25) is 0 Å². The third kappa shape index (κ3) is 8.37. The predicted octanol–water partition coefficient (Wildman–Crippen LogP) is 2.53. The number of hydrogen-bond acceptors (Lipinski definition) is 4. The molecule has 2 N–H and O–H groups in total. The number of nitrogens with one attached hydrogen (secondary N) is 2. The van der Waals surface area contributed by atoms with Crippen LogP contribution in [0.15, 0.2) is 29.3 Å². The average Bonchev–Trinajstić information content (AvgIpc) is 2.59. The van der Waals surface area contributed by atoms with Crippen LogP contribution in [0.3, 0.4) is 0 Å². The Morgan fingerprint density at radius 3 is 2.33 bits per heavy atom. The summed E-state index contributed by atoms with van der Waals surface area (Å²) < 4.78 is 9.76. The smallest absolute Gasteiger partial charge is 0.307 e. The standard InChI is InChI=1S/C17H27N3O3.HI/c1-13(14-5-7-15(22-3)8-6-14)9-11-19-17(18-2)20-12-10-16(21)23-4;/h5-8,13H,9-12H2,1-4H3,(H2,18,19,20);1H. The molecule has 1 aromatic rings. The molecule has 0 aliphatic carbocycles. The summed E-state index contributed by atoms with van der Waals surface area (Å²) in [6.45, 7) is 3.49. The van der Waals surface area contributed by atoms with Crippen LogP contribution < -0.4 is 15.4 Å². The fourth-order valence-electron chi connectivity index (χ4n) is 2.11. The number of ether oxygens (including phenoxy) is 2. The Kier molecular flexibility index (Phi) is 12.0. The highest BCUT2D eigenvalue weighted by Gasteiger charge is 2.07. The zero-order chi connectivity index (χ0) is 17.1. The summed E-state index contributed by atoms with van der Waals surface area (Å²) in [7, 11) is 4.76. The number of halogens is 1. The van der Waals surface area contributed by atoms with Gasteiger partial charge in [-0.1, -0.05) is 19.1 Å². The highest BCUT2D eigenvalue weighted by atomic mass is 127. The SMILES string of the molecule is CN=C(NCCC(=O)OC)NCCC(C)c1ccc(OC)cc1.I. The number of aliphatic imine (C=N–C) groups is 1. The van der Waals surface area contributed by atoms with Gasteiger partial charge in [-0.2, -0.15) is 0 Å². The third-order valence-electron chi connectivity index (χ3n) is 3.63. The van der Waals surface area contributed by atoms with Gasteiger partial charge in [0.25, 0.3) is 0 Å². The molecule has 136 valence electrons. The third-order valence-corrected chi connectivity index (χ3v) is 3.63. The Bertz CT molecular complexity index is 506. The van der Waals surface area contributed by atoms with Crippen molar-refractivity contribution in [1.29, 1.82) is 0 Å². The van der Waals surface area contributed by atoms with Gasteiger partial charge < -0.3 is 20.1 Å². The van der Waals surface area contributed by atoms with Crippen molar-refractivity contribution >= 4 is 35.9 Å². The lowest BCUT2D eigenvalue weighted by molar-refractivity contribution is -0.140. The van der Waals surface area contributed by atoms with Crippen molar-refractivity contribution in [1.82, 2.24) is 10.6 Å². The van der Waals surface area contributed by atoms with Crippen molar-refractivity contribution in [2.24, 2.45) is 4.99 Å². The first-order chi connectivity index (χ1) is 11.1. The fourth-order valence-corrected chi connectivity index (χ4v) is 2.11. The van der Waals surface area contributed by atoms with E-state index >= 15 is 0 Å². The van der Waals surface area contributed by atoms with Crippen molar-refractivity contribution < 1.29 is 14.3 Å². The van der Waals surface area contributed by atoms with Crippen molar-refractivity contribution in [3.8, 4) is 5.75 Å². The molecule has 24 heavy (non-hydrogen) atoms. The molecule has 0 amide bonds. The highest BCUT2D eigenvalue weighted by Crippen LogP contribution is 2.21. The van der Waals surface area contributed by atoms with E-state index in [1.165, 1.54) is 12.7 Å². The van der Waals surface area contributed by atoms with E-state index < -0.39 is 0 Å². The van der Waals surface area contributed by atoms with E-state index in [1.807, 2.05) is 12.1 Å². The van der Waals surface area contributed by atoms with Gasteiger partial charge in [-0.25, -0.2) is 0 Å². The number of carbonyl (C=O) groups excluding carboxylic acids is 1. The van der Waals surface area contributed by atoms with Gasteiger partial charge in [0.15, 0.2) is 5.96 Å². The number of hydrogen-bond donors (Lipinski definition) is 2. The molecule has 7 heteroatoms. The van der Waals surface area contributed by atoms with Crippen LogP contribution in [0.25, 0.3) is 0 Å². The van der Waals surface area contributed by atoms with Crippen molar-refractivity contribution in [3.05, 3.63) is 29.8 Å². The van der Waals surface area contributed by atoms with Crippen molar-refractivity contribution in [3.63, 3.8) is 0 Å². The van der Waals surface area contributed by atoms with Crippen LogP contribution in [0.2, 0.25) is 0 Å². The van der Waals surface area contributed by atoms with Gasteiger partial charge in [-0.05, 0) is 30.0 Å². The molecular formula is C17H28IN3O3. The Balaban J connectivity index is 0.00000529. The van der Waals surface area contributed by atoms with Crippen LogP contribution in [0.4, 0.5) is 0 Å². The molecule has 0 saturated heterocycles. The van der Waals surface area contributed by atoms with Crippen molar-refractivity contribution in [2.75, 3.05) is 34.4 Å². The van der Waals surface area contributed by atoms with E-state index in [0.29, 0.717) is 24.8 Å². The Morgan fingerprint density at radius 1 is 1.17 bits per heavy atom. The second-order valence-corrected chi connectivity index (χ2v) is 5.21. The van der Waals surface area contributed by atoms with E-state index in [4.69, 9.17) is 4.74 Å². The number of esters is 1. The molecule has 0 radical (unpaired) electrons. The number of guanidine groups is 1. The lowest BCUT2D eigenvalue weighted by Crippen LogP contribution is -2.39. The van der Waals surface area contributed by atoms with Gasteiger partial charge in [-0.15, -0.1) is 24.0 Å². The fraction of sp³-hybridized carbons (Fsp3) is 0.529. The molecule has 0 heterocycles. The first-order valence-electron chi connectivity index (χ1n) is 7.76. The maximum Gasteiger partial charge on any atom is 0.307 e. The van der Waals surface area contributed by atoms with E-state index in [2.05, 4.69) is 39.4 Å². The monoisotopic (exact) mass is 449 g/mol. The average molecular weight is 449 g/mol. The van der Waals surface area contributed by atoms with Gasteiger partial charge in [0, 0.05) is 20.1 Å². The quantitative estimate of drug-likeness (QED) is 0.276. The zero-order valence-corrected chi connectivity index (χ0v) is 17.1. The molecular weight excluding hydrogens is 421 g/mol. The summed E-state index contributed by atoms with van der Waals surface area (Å²) in [5.74, 6) is 1.76. The van der Waals surface area contributed by atoms with Crippen LogP contribution in [0, 0.1) is 0 Å². The first-order valence-corrected chi connectivity index (χ1v) is 7.76. The Labute approximate surface area is 161 Å². The highest BCUT2D eigenvalue weighted by molar-refractivity contribution is 14.0. The minimum Gasteiger partial charge on any atom is -0.497 e. The largest absolute Gasteiger partial charge is 0.497 e. The maximum atomic E-state index is 11.1. The predicted molar refractivity (Wildman–Crippen MR) is 107 cm³/mol. The molecule has 0 aromatic heterocycles. The summed E-state index contributed by atoms with van der Waals surface area (Å²) in [6, 6.07) is 8.14. The van der Waals surface area contributed by atoms with Gasteiger partial charge >= 0.3 is 5.97 Å². The number of carbonyl (C=O) groups is 1. The number of nitrogens with zero attached hydrogens (tertiary/aromatic N) is 1. The zero-order valence-electron chi connectivity index (χ0n) is 14.8. The van der Waals surface area contributed by atoms with Crippen LogP contribution in [0.5, 0.6) is 5.75 Å². The molecule has 6 nitrogen and oxygen atoms in total. The topological polar surface area (TPSA) is 72.0 Å². The number of methoxy groups -OCH3 is 2. The van der Waals surface area contributed by atoms with E-state index in [9.17, 15) is 4.79 Å². The Hall–Kier alpha value is -1.51. The van der Waals surface area contributed by atoms with E-state index in [1.54, 1.807) is 14.2 Å². The van der Waals surface area contributed by atoms with E-state index in [-0.39, 0.29) is 29.9 Å². The second kappa shape index (κ2) is 12.9. The molecule has 0 aliphatic heterocycles. The first kappa shape index (κ1) is 22.5. The number of rotatable bonds is 8. The van der Waals surface area contributed by atoms with Gasteiger partial charge in [0.1, 0.15) is 5.75 Å². The molecule has 1 unspecified atom stereocenters. The molecule has 0 fully saturated rings. The second-order valence-electron chi connectivity index (χ2n) is 5.21. The van der Waals surface area contributed by atoms with Crippen LogP contribution in [-0.4, -0.2) is 46.3 Å². The molecule has 0 spiro atoms. The molecule has 1 aromatic carbocycles. The normalized spacial score (nSPS) is 11.9. The van der Waals surface area contributed by atoms with Crippen LogP contribution in [0.1, 0.15) is 31.2 Å². The lowest BCUT2D eigenvalue weighted by atomic mass is 9.98. The maximum absolute atomic E-state index is 11.1.